The van der Waals surface area contributed by atoms with Crippen molar-refractivity contribution in [1.29, 1.82) is 0 Å². The summed E-state index contributed by atoms with van der Waals surface area (Å²) in [6.07, 6.45) is 7.63. The van der Waals surface area contributed by atoms with Gasteiger partial charge in [0.2, 0.25) is 0 Å². The van der Waals surface area contributed by atoms with Crippen LogP contribution in [0.15, 0.2) is 24.3 Å². The molecule has 0 N–H and O–H groups in total. The summed E-state index contributed by atoms with van der Waals surface area (Å²) in [5.74, 6) is 0.334. The molecule has 1 atom stereocenters. The molecule has 13 heavy (non-hydrogen) atoms. The highest BCUT2D eigenvalue weighted by atomic mass is 16.1. The molecule has 0 fully saturated rings. The molecule has 0 aromatic carbocycles. The van der Waals surface area contributed by atoms with Gasteiger partial charge in [-0.3, -0.25) is 4.79 Å². The van der Waals surface area contributed by atoms with Crippen LogP contribution in [0.25, 0.3) is 0 Å². The maximum atomic E-state index is 11.5. The lowest BCUT2D eigenvalue weighted by Gasteiger charge is -2.27. The van der Waals surface area contributed by atoms with Crippen LogP contribution in [0.3, 0.4) is 0 Å². The number of carbonyl (C=O) groups excluding carboxylic acids is 1. The lowest BCUT2D eigenvalue weighted by molar-refractivity contribution is -0.116. The van der Waals surface area contributed by atoms with Gasteiger partial charge in [0.1, 0.15) is 0 Å². The van der Waals surface area contributed by atoms with Crippen LogP contribution in [-0.2, 0) is 4.79 Å². The SMILES string of the molecule is C=CC1(C)C=C(CCC)C(=O)CC1. The number of rotatable bonds is 3. The maximum Gasteiger partial charge on any atom is 0.158 e. The minimum absolute atomic E-state index is 0.0540. The Kier molecular flexibility index (Phi) is 3.07. The fraction of sp³-hybridized carbons (Fsp3) is 0.583. The smallest absolute Gasteiger partial charge is 0.158 e. The molecule has 0 saturated heterocycles. The van der Waals surface area contributed by atoms with E-state index < -0.39 is 0 Å². The average Bonchev–Trinajstić information content (AvgIpc) is 2.12. The first-order chi connectivity index (χ1) is 6.11. The standard InChI is InChI=1S/C12H18O/c1-4-6-10-9-12(3,5-2)8-7-11(10)13/h5,9H,2,4,6-8H2,1,3H3. The van der Waals surface area contributed by atoms with E-state index in [4.69, 9.17) is 0 Å². The van der Waals surface area contributed by atoms with E-state index in [9.17, 15) is 4.79 Å². The molecule has 1 aliphatic carbocycles. The molecule has 0 heterocycles. The lowest BCUT2D eigenvalue weighted by Crippen LogP contribution is -2.20. The second-order valence-electron chi connectivity index (χ2n) is 4.05. The fourth-order valence-electron chi connectivity index (χ4n) is 1.74. The highest BCUT2D eigenvalue weighted by Crippen LogP contribution is 2.34. The van der Waals surface area contributed by atoms with E-state index in [2.05, 4.69) is 26.5 Å². The molecule has 0 aromatic rings. The average molecular weight is 178 g/mol. The minimum Gasteiger partial charge on any atom is -0.295 e. The van der Waals surface area contributed by atoms with Crippen molar-refractivity contribution in [2.45, 2.75) is 39.5 Å². The fourth-order valence-corrected chi connectivity index (χ4v) is 1.74. The number of ketones is 1. The Labute approximate surface area is 80.5 Å². The van der Waals surface area contributed by atoms with Crippen LogP contribution in [0, 0.1) is 5.41 Å². The molecule has 0 spiro atoms. The first kappa shape index (κ1) is 10.2. The zero-order valence-corrected chi connectivity index (χ0v) is 8.60. The van der Waals surface area contributed by atoms with Crippen molar-refractivity contribution in [3.05, 3.63) is 24.3 Å². The minimum atomic E-state index is 0.0540. The van der Waals surface area contributed by atoms with E-state index in [1.807, 2.05) is 6.08 Å². The van der Waals surface area contributed by atoms with E-state index in [-0.39, 0.29) is 5.41 Å². The van der Waals surface area contributed by atoms with E-state index in [1.165, 1.54) is 0 Å². The Bertz CT molecular complexity index is 250. The summed E-state index contributed by atoms with van der Waals surface area (Å²) in [6, 6.07) is 0. The van der Waals surface area contributed by atoms with Crippen LogP contribution >= 0.6 is 0 Å². The Hall–Kier alpha value is -0.850. The van der Waals surface area contributed by atoms with E-state index in [0.29, 0.717) is 12.2 Å². The molecule has 72 valence electrons. The number of allylic oxidation sites excluding steroid dienone is 3. The van der Waals surface area contributed by atoms with Gasteiger partial charge in [0.15, 0.2) is 5.78 Å². The summed E-state index contributed by atoms with van der Waals surface area (Å²) in [6.45, 7) is 8.07. The zero-order valence-electron chi connectivity index (χ0n) is 8.60. The molecule has 1 rings (SSSR count). The van der Waals surface area contributed by atoms with Gasteiger partial charge >= 0.3 is 0 Å². The van der Waals surface area contributed by atoms with Crippen LogP contribution in [0.2, 0.25) is 0 Å². The topological polar surface area (TPSA) is 17.1 Å². The Morgan fingerprint density at radius 2 is 2.38 bits per heavy atom. The summed E-state index contributed by atoms with van der Waals surface area (Å²) >= 11 is 0. The molecule has 0 aromatic heterocycles. The number of carbonyl (C=O) groups is 1. The van der Waals surface area contributed by atoms with Gasteiger partial charge in [0.25, 0.3) is 0 Å². The van der Waals surface area contributed by atoms with Crippen molar-refractivity contribution in [1.82, 2.24) is 0 Å². The third-order valence-corrected chi connectivity index (χ3v) is 2.74. The van der Waals surface area contributed by atoms with Gasteiger partial charge in [-0.25, -0.2) is 0 Å². The van der Waals surface area contributed by atoms with E-state index in [1.54, 1.807) is 0 Å². The van der Waals surface area contributed by atoms with Crippen LogP contribution in [0.5, 0.6) is 0 Å². The normalized spacial score (nSPS) is 28.5. The third-order valence-electron chi connectivity index (χ3n) is 2.74. The largest absolute Gasteiger partial charge is 0.295 e. The van der Waals surface area contributed by atoms with E-state index >= 15 is 0 Å². The van der Waals surface area contributed by atoms with Gasteiger partial charge in [0, 0.05) is 11.8 Å². The Balaban J connectivity index is 2.87. The quantitative estimate of drug-likeness (QED) is 0.606. The maximum absolute atomic E-state index is 11.5. The summed E-state index contributed by atoms with van der Waals surface area (Å²) < 4.78 is 0. The Morgan fingerprint density at radius 3 is 2.92 bits per heavy atom. The monoisotopic (exact) mass is 178 g/mol. The van der Waals surface area contributed by atoms with Gasteiger partial charge < -0.3 is 0 Å². The summed E-state index contributed by atoms with van der Waals surface area (Å²) in [7, 11) is 0. The molecule has 1 nitrogen and oxygen atoms in total. The molecule has 0 radical (unpaired) electrons. The molecule has 0 bridgehead atoms. The highest BCUT2D eigenvalue weighted by Gasteiger charge is 2.26. The molecule has 1 unspecified atom stereocenters. The molecule has 1 aliphatic rings. The first-order valence-corrected chi connectivity index (χ1v) is 5.00. The lowest BCUT2D eigenvalue weighted by atomic mass is 9.77. The number of hydrogen-bond acceptors (Lipinski definition) is 1. The van der Waals surface area contributed by atoms with Gasteiger partial charge in [0.05, 0.1) is 0 Å². The summed E-state index contributed by atoms with van der Waals surface area (Å²) in [5, 5.41) is 0. The van der Waals surface area contributed by atoms with Crippen molar-refractivity contribution in [2.24, 2.45) is 5.41 Å². The first-order valence-electron chi connectivity index (χ1n) is 5.00. The van der Waals surface area contributed by atoms with Gasteiger partial charge in [-0.1, -0.05) is 32.4 Å². The van der Waals surface area contributed by atoms with Crippen LogP contribution in [0.4, 0.5) is 0 Å². The second-order valence-corrected chi connectivity index (χ2v) is 4.05. The number of Topliss-reactive ketones (excluding diaryl/α,β-unsaturated/α-hetero) is 1. The summed E-state index contributed by atoms with van der Waals surface area (Å²) in [5.41, 5.74) is 1.06. The van der Waals surface area contributed by atoms with Gasteiger partial charge in [-0.15, -0.1) is 6.58 Å². The zero-order chi connectivity index (χ0) is 9.90. The van der Waals surface area contributed by atoms with Crippen molar-refractivity contribution in [2.75, 3.05) is 0 Å². The van der Waals surface area contributed by atoms with Crippen molar-refractivity contribution in [3.63, 3.8) is 0 Å². The van der Waals surface area contributed by atoms with Crippen LogP contribution < -0.4 is 0 Å². The predicted octanol–water partition coefficient (Wildman–Crippen LogP) is 3.27. The van der Waals surface area contributed by atoms with E-state index in [0.717, 1.165) is 24.8 Å². The highest BCUT2D eigenvalue weighted by molar-refractivity contribution is 5.96. The Morgan fingerprint density at radius 1 is 1.69 bits per heavy atom. The molecular weight excluding hydrogens is 160 g/mol. The van der Waals surface area contributed by atoms with Crippen molar-refractivity contribution < 1.29 is 4.79 Å². The van der Waals surface area contributed by atoms with Crippen molar-refractivity contribution in [3.8, 4) is 0 Å². The molecule has 1 heteroatoms. The van der Waals surface area contributed by atoms with Crippen LogP contribution in [-0.4, -0.2) is 5.78 Å². The molecule has 0 saturated carbocycles. The summed E-state index contributed by atoms with van der Waals surface area (Å²) in [4.78, 5) is 11.5. The van der Waals surface area contributed by atoms with Gasteiger partial charge in [-0.2, -0.15) is 0 Å². The third kappa shape index (κ3) is 2.30. The van der Waals surface area contributed by atoms with Crippen LogP contribution in [0.1, 0.15) is 39.5 Å². The van der Waals surface area contributed by atoms with Crippen molar-refractivity contribution >= 4 is 5.78 Å². The molecule has 0 aliphatic heterocycles. The second kappa shape index (κ2) is 3.91. The molecule has 0 amide bonds. The number of hydrogen-bond donors (Lipinski definition) is 0. The predicted molar refractivity (Wildman–Crippen MR) is 55.5 cm³/mol. The van der Waals surface area contributed by atoms with Gasteiger partial charge in [-0.05, 0) is 18.4 Å². The molecular formula is C12H18O.